The van der Waals surface area contributed by atoms with Gasteiger partial charge >= 0.3 is 0 Å². The monoisotopic (exact) mass is 631 g/mol. The van der Waals surface area contributed by atoms with Crippen LogP contribution in [0.5, 0.6) is 0 Å². The topological polar surface area (TPSA) is 3.24 Å². The van der Waals surface area contributed by atoms with Crippen LogP contribution in [0.15, 0.2) is 152 Å². The fraction of sp³-hybridized carbons (Fsp3) is 0.0870. The predicted octanol–water partition coefficient (Wildman–Crippen LogP) is 13.1. The Kier molecular flexibility index (Phi) is 5.92. The van der Waals surface area contributed by atoms with Crippen molar-refractivity contribution >= 4 is 48.6 Å². The summed E-state index contributed by atoms with van der Waals surface area (Å²) in [6.07, 6.45) is 0.969. The number of hydrogen-bond donors (Lipinski definition) is 0. The van der Waals surface area contributed by atoms with E-state index in [-0.39, 0.29) is 5.41 Å². The average Bonchev–Trinajstić information content (AvgIpc) is 3.77. The molecule has 0 atom stereocenters. The largest absolute Gasteiger partial charge is 0.309 e. The van der Waals surface area contributed by atoms with Gasteiger partial charge in [-0.15, -0.1) is 11.3 Å². The summed E-state index contributed by atoms with van der Waals surface area (Å²) in [4.78, 5) is 2.47. The van der Waals surface area contributed by atoms with Gasteiger partial charge in [0.2, 0.25) is 0 Å². The van der Waals surface area contributed by atoms with Crippen LogP contribution in [-0.2, 0) is 11.8 Å². The van der Waals surface area contributed by atoms with Gasteiger partial charge in [-0.2, -0.15) is 0 Å². The molecule has 48 heavy (non-hydrogen) atoms. The highest BCUT2D eigenvalue weighted by atomic mass is 32.1. The zero-order valence-corrected chi connectivity index (χ0v) is 27.8. The van der Waals surface area contributed by atoms with Crippen molar-refractivity contribution in [1.29, 1.82) is 0 Å². The standard InChI is InChI=1S/C46H33NS/c1-46(2)41-18-7-5-13-37(41)39-16-9-15-36(44(39)46)29-21-23-32(24-22-29)47(33-25-26-35-31(28-33)27-30-11-3-4-12-34(30)35)42-19-10-17-40-38-14-6-8-20-43(38)48-45(40)42/h3-26,28H,27H2,1-2H3. The molecule has 0 bridgehead atoms. The number of fused-ring (bicyclic) bond motifs is 9. The van der Waals surface area contributed by atoms with Gasteiger partial charge in [0.05, 0.1) is 10.4 Å². The van der Waals surface area contributed by atoms with Crippen molar-refractivity contribution in [1.82, 2.24) is 0 Å². The van der Waals surface area contributed by atoms with Crippen LogP contribution < -0.4 is 4.90 Å². The summed E-state index contributed by atoms with van der Waals surface area (Å²) in [5.74, 6) is 0. The van der Waals surface area contributed by atoms with Gasteiger partial charge in [0.15, 0.2) is 0 Å². The molecule has 1 heterocycles. The van der Waals surface area contributed by atoms with E-state index < -0.39 is 0 Å². The van der Waals surface area contributed by atoms with E-state index in [2.05, 4.69) is 170 Å². The lowest BCUT2D eigenvalue weighted by Crippen LogP contribution is -2.16. The lowest BCUT2D eigenvalue weighted by Gasteiger charge is -2.27. The number of anilines is 3. The van der Waals surface area contributed by atoms with Crippen LogP contribution in [0.2, 0.25) is 0 Å². The number of nitrogens with zero attached hydrogens (tertiary/aromatic N) is 1. The molecule has 0 aliphatic heterocycles. The van der Waals surface area contributed by atoms with Gasteiger partial charge in [0.25, 0.3) is 0 Å². The van der Waals surface area contributed by atoms with Crippen molar-refractivity contribution in [3.63, 3.8) is 0 Å². The molecule has 2 aliphatic rings. The first-order valence-electron chi connectivity index (χ1n) is 16.8. The summed E-state index contributed by atoms with van der Waals surface area (Å²) in [6, 6.07) is 56.5. The first kappa shape index (κ1) is 27.7. The maximum atomic E-state index is 2.47. The molecule has 0 fully saturated rings. The van der Waals surface area contributed by atoms with Crippen molar-refractivity contribution in [2.24, 2.45) is 0 Å². The van der Waals surface area contributed by atoms with Gasteiger partial charge in [-0.05, 0) is 98.5 Å². The molecule has 7 aromatic carbocycles. The Hall–Kier alpha value is -5.44. The molecule has 10 rings (SSSR count). The minimum absolute atomic E-state index is 0.0634. The number of benzene rings is 7. The smallest absolute Gasteiger partial charge is 0.0640 e. The van der Waals surface area contributed by atoms with E-state index >= 15 is 0 Å². The quantitative estimate of drug-likeness (QED) is 0.187. The number of thiophene rings is 1. The fourth-order valence-corrected chi connectivity index (χ4v) is 9.69. The summed E-state index contributed by atoms with van der Waals surface area (Å²) in [5, 5.41) is 2.63. The van der Waals surface area contributed by atoms with Crippen LogP contribution in [0.1, 0.15) is 36.1 Å². The minimum atomic E-state index is -0.0634. The summed E-state index contributed by atoms with van der Waals surface area (Å²) in [7, 11) is 0. The highest BCUT2D eigenvalue weighted by Gasteiger charge is 2.37. The van der Waals surface area contributed by atoms with E-state index in [4.69, 9.17) is 0 Å². The summed E-state index contributed by atoms with van der Waals surface area (Å²) in [6.45, 7) is 4.74. The minimum Gasteiger partial charge on any atom is -0.309 e. The zero-order chi connectivity index (χ0) is 32.0. The maximum Gasteiger partial charge on any atom is 0.0640 e. The molecule has 0 unspecified atom stereocenters. The van der Waals surface area contributed by atoms with E-state index in [1.54, 1.807) is 0 Å². The van der Waals surface area contributed by atoms with E-state index in [1.807, 2.05) is 11.3 Å². The molecule has 1 nitrogen and oxygen atoms in total. The van der Waals surface area contributed by atoms with Gasteiger partial charge in [0.1, 0.15) is 0 Å². The van der Waals surface area contributed by atoms with Crippen LogP contribution in [0, 0.1) is 0 Å². The van der Waals surface area contributed by atoms with Crippen molar-refractivity contribution in [3.8, 4) is 33.4 Å². The SMILES string of the molecule is CC1(C)c2ccccc2-c2cccc(-c3ccc(N(c4ccc5c(c4)Cc4ccccc4-5)c4cccc5c4sc4ccccc45)cc3)c21. The number of hydrogen-bond acceptors (Lipinski definition) is 2. The van der Waals surface area contributed by atoms with Gasteiger partial charge in [0, 0.05) is 32.3 Å². The zero-order valence-electron chi connectivity index (χ0n) is 27.0. The molecule has 2 aliphatic carbocycles. The normalized spacial score (nSPS) is 13.7. The Bertz CT molecular complexity index is 2570. The second-order valence-electron chi connectivity index (χ2n) is 13.7. The second-order valence-corrected chi connectivity index (χ2v) is 14.8. The Morgan fingerprint density at radius 2 is 1.19 bits per heavy atom. The third-order valence-corrected chi connectivity index (χ3v) is 11.9. The Balaban J connectivity index is 1.13. The maximum absolute atomic E-state index is 2.47. The highest BCUT2D eigenvalue weighted by molar-refractivity contribution is 7.26. The predicted molar refractivity (Wildman–Crippen MR) is 205 cm³/mol. The van der Waals surface area contributed by atoms with Crippen molar-refractivity contribution in [2.45, 2.75) is 25.7 Å². The first-order chi connectivity index (χ1) is 23.6. The van der Waals surface area contributed by atoms with Gasteiger partial charge in [-0.25, -0.2) is 0 Å². The van der Waals surface area contributed by atoms with Gasteiger partial charge < -0.3 is 4.90 Å². The average molecular weight is 632 g/mol. The van der Waals surface area contributed by atoms with Crippen molar-refractivity contribution in [2.75, 3.05) is 4.90 Å². The van der Waals surface area contributed by atoms with Crippen LogP contribution in [0.4, 0.5) is 17.1 Å². The molecular formula is C46H33NS. The molecule has 0 saturated heterocycles. The Morgan fingerprint density at radius 3 is 2.08 bits per heavy atom. The molecule has 0 radical (unpaired) electrons. The third kappa shape index (κ3) is 3.96. The van der Waals surface area contributed by atoms with Gasteiger partial charge in [-0.1, -0.05) is 129 Å². The summed E-state index contributed by atoms with van der Waals surface area (Å²) in [5.41, 5.74) is 17.1. The Labute approximate surface area is 285 Å². The molecule has 8 aromatic rings. The van der Waals surface area contributed by atoms with E-state index in [1.165, 1.54) is 87.2 Å². The summed E-state index contributed by atoms with van der Waals surface area (Å²) < 4.78 is 2.63. The molecule has 2 heteroatoms. The first-order valence-corrected chi connectivity index (χ1v) is 17.6. The van der Waals surface area contributed by atoms with Crippen molar-refractivity contribution < 1.29 is 0 Å². The molecule has 1 aromatic heterocycles. The molecule has 0 amide bonds. The van der Waals surface area contributed by atoms with Gasteiger partial charge in [-0.3, -0.25) is 0 Å². The van der Waals surface area contributed by atoms with Crippen LogP contribution in [0.25, 0.3) is 53.6 Å². The lowest BCUT2D eigenvalue weighted by atomic mass is 9.79. The third-order valence-electron chi connectivity index (χ3n) is 10.7. The van der Waals surface area contributed by atoms with Crippen LogP contribution in [-0.4, -0.2) is 0 Å². The fourth-order valence-electron chi connectivity index (χ4n) is 8.48. The Morgan fingerprint density at radius 1 is 0.521 bits per heavy atom. The van der Waals surface area contributed by atoms with Crippen LogP contribution in [0.3, 0.4) is 0 Å². The second kappa shape index (κ2) is 10.3. The van der Waals surface area contributed by atoms with Crippen LogP contribution >= 0.6 is 11.3 Å². The molecule has 0 spiro atoms. The summed E-state index contributed by atoms with van der Waals surface area (Å²) >= 11 is 1.89. The van der Waals surface area contributed by atoms with E-state index in [0.717, 1.165) is 12.1 Å². The molecular weight excluding hydrogens is 599 g/mol. The number of rotatable bonds is 4. The van der Waals surface area contributed by atoms with E-state index in [9.17, 15) is 0 Å². The molecule has 0 saturated carbocycles. The highest BCUT2D eigenvalue weighted by Crippen LogP contribution is 2.52. The van der Waals surface area contributed by atoms with E-state index in [0.29, 0.717) is 0 Å². The van der Waals surface area contributed by atoms with Crippen molar-refractivity contribution in [3.05, 3.63) is 174 Å². The molecule has 0 N–H and O–H groups in total. The lowest BCUT2D eigenvalue weighted by molar-refractivity contribution is 0.662. The molecule has 228 valence electrons.